The smallest absolute Gasteiger partial charge is 0.277 e. The molecule has 28 heavy (non-hydrogen) atoms. The van der Waals surface area contributed by atoms with Crippen molar-refractivity contribution in [2.24, 2.45) is 17.2 Å². The minimum Gasteiger partial charge on any atom is -0.382 e. The summed E-state index contributed by atoms with van der Waals surface area (Å²) in [5.74, 6) is -2.23. The number of primary amides is 1. The van der Waals surface area contributed by atoms with Gasteiger partial charge in [0.15, 0.2) is 11.5 Å². The molecule has 0 unspecified atom stereocenters. The zero-order valence-electron chi connectivity index (χ0n) is 15.4. The highest BCUT2D eigenvalue weighted by atomic mass is 16.5. The molecule has 1 saturated heterocycles. The Morgan fingerprint density at radius 2 is 1.96 bits per heavy atom. The molecule has 154 valence electrons. The largest absolute Gasteiger partial charge is 0.382 e. The predicted molar refractivity (Wildman–Crippen MR) is 98.4 cm³/mol. The SMILES string of the molecule is NCCCC[C@H](N)C(=O)N(O)[C@H]1C[C@@H](C(N)=O)N(C(=O)c2nccnc2N)C1. The van der Waals surface area contributed by atoms with Crippen molar-refractivity contribution in [3.8, 4) is 0 Å². The molecule has 9 N–H and O–H groups in total. The molecule has 0 aliphatic carbocycles. The molecule has 0 bridgehead atoms. The van der Waals surface area contributed by atoms with Gasteiger partial charge in [-0.1, -0.05) is 6.42 Å². The van der Waals surface area contributed by atoms with Crippen LogP contribution in [0.5, 0.6) is 0 Å². The third kappa shape index (κ3) is 4.71. The van der Waals surface area contributed by atoms with E-state index in [2.05, 4.69) is 9.97 Å². The molecule has 1 fully saturated rings. The van der Waals surface area contributed by atoms with Crippen LogP contribution in [0.15, 0.2) is 12.4 Å². The highest BCUT2D eigenvalue weighted by molar-refractivity contribution is 5.99. The Labute approximate surface area is 161 Å². The van der Waals surface area contributed by atoms with Gasteiger partial charge in [0.2, 0.25) is 5.91 Å². The van der Waals surface area contributed by atoms with E-state index in [1.54, 1.807) is 0 Å². The fraction of sp³-hybridized carbons (Fsp3) is 0.562. The monoisotopic (exact) mass is 394 g/mol. The lowest BCUT2D eigenvalue weighted by Crippen LogP contribution is -2.48. The average molecular weight is 394 g/mol. The van der Waals surface area contributed by atoms with E-state index in [0.717, 1.165) is 4.90 Å². The summed E-state index contributed by atoms with van der Waals surface area (Å²) in [5.41, 5.74) is 22.2. The Balaban J connectivity index is 2.12. The predicted octanol–water partition coefficient (Wildman–Crippen LogP) is -2.20. The molecule has 1 aliphatic heterocycles. The van der Waals surface area contributed by atoms with Crippen molar-refractivity contribution in [3.05, 3.63) is 18.1 Å². The first kappa shape index (κ1) is 21.5. The van der Waals surface area contributed by atoms with Gasteiger partial charge < -0.3 is 27.8 Å². The third-order valence-electron chi connectivity index (χ3n) is 4.66. The Hall–Kier alpha value is -2.83. The fourth-order valence-corrected chi connectivity index (χ4v) is 3.12. The van der Waals surface area contributed by atoms with Crippen LogP contribution >= 0.6 is 0 Å². The highest BCUT2D eigenvalue weighted by Gasteiger charge is 2.43. The van der Waals surface area contributed by atoms with Gasteiger partial charge in [0.05, 0.1) is 12.1 Å². The number of hydrogen-bond donors (Lipinski definition) is 5. The number of aromatic nitrogens is 2. The first-order chi connectivity index (χ1) is 13.3. The lowest BCUT2D eigenvalue weighted by Gasteiger charge is -2.25. The van der Waals surface area contributed by atoms with E-state index < -0.39 is 35.8 Å². The Morgan fingerprint density at radius 3 is 2.57 bits per heavy atom. The molecular formula is C16H26N8O4. The van der Waals surface area contributed by atoms with Crippen LogP contribution in [0.3, 0.4) is 0 Å². The summed E-state index contributed by atoms with van der Waals surface area (Å²) in [6, 6.07) is -2.79. The molecule has 2 heterocycles. The second-order valence-electron chi connectivity index (χ2n) is 6.63. The molecule has 0 aromatic carbocycles. The zero-order valence-corrected chi connectivity index (χ0v) is 15.4. The standard InChI is InChI=1S/C16H26N8O4/c17-4-2-1-3-10(18)15(26)24(28)9-7-11(14(20)25)23(8-9)16(27)12-13(19)22-6-5-21-12/h5-6,9-11,28H,1-4,7-8,17-18H2,(H2,19,22)(H2,20,25)/t9-,10-,11-/m0/s1. The van der Waals surface area contributed by atoms with Crippen LogP contribution in [0, 0.1) is 0 Å². The third-order valence-corrected chi connectivity index (χ3v) is 4.66. The molecule has 0 spiro atoms. The van der Waals surface area contributed by atoms with Gasteiger partial charge in [-0.15, -0.1) is 0 Å². The number of carbonyl (C=O) groups is 3. The van der Waals surface area contributed by atoms with Gasteiger partial charge in [-0.2, -0.15) is 0 Å². The second kappa shape index (κ2) is 9.39. The van der Waals surface area contributed by atoms with Gasteiger partial charge in [-0.05, 0) is 19.4 Å². The number of nitrogens with zero attached hydrogens (tertiary/aromatic N) is 4. The molecule has 0 saturated carbocycles. The summed E-state index contributed by atoms with van der Waals surface area (Å²) in [7, 11) is 0. The molecule has 3 amide bonds. The number of likely N-dealkylation sites (tertiary alicyclic amines) is 1. The van der Waals surface area contributed by atoms with Crippen LogP contribution in [0.4, 0.5) is 5.82 Å². The van der Waals surface area contributed by atoms with Gasteiger partial charge in [-0.3, -0.25) is 19.6 Å². The Morgan fingerprint density at radius 1 is 1.29 bits per heavy atom. The van der Waals surface area contributed by atoms with Crippen LogP contribution in [0.2, 0.25) is 0 Å². The van der Waals surface area contributed by atoms with Crippen molar-refractivity contribution in [3.63, 3.8) is 0 Å². The van der Waals surface area contributed by atoms with E-state index in [4.69, 9.17) is 22.9 Å². The number of unbranched alkanes of at least 4 members (excludes halogenated alkanes) is 1. The quantitative estimate of drug-likeness (QED) is 0.184. The first-order valence-electron chi connectivity index (χ1n) is 8.92. The molecule has 1 aromatic heterocycles. The fourth-order valence-electron chi connectivity index (χ4n) is 3.12. The average Bonchev–Trinajstić information content (AvgIpc) is 3.12. The number of anilines is 1. The first-order valence-corrected chi connectivity index (χ1v) is 8.92. The van der Waals surface area contributed by atoms with E-state index in [9.17, 15) is 19.6 Å². The topological polar surface area (TPSA) is 208 Å². The van der Waals surface area contributed by atoms with Crippen molar-refractivity contribution in [2.75, 3.05) is 18.8 Å². The summed E-state index contributed by atoms with van der Waals surface area (Å²) in [4.78, 5) is 45.7. The van der Waals surface area contributed by atoms with Gasteiger partial charge >= 0.3 is 0 Å². The second-order valence-corrected chi connectivity index (χ2v) is 6.63. The molecule has 1 aliphatic rings. The van der Waals surface area contributed by atoms with Crippen molar-refractivity contribution >= 4 is 23.5 Å². The molecular weight excluding hydrogens is 368 g/mol. The van der Waals surface area contributed by atoms with Gasteiger partial charge in [0.25, 0.3) is 11.8 Å². The van der Waals surface area contributed by atoms with E-state index in [1.165, 1.54) is 12.4 Å². The number of amides is 3. The van der Waals surface area contributed by atoms with Crippen molar-refractivity contribution in [1.82, 2.24) is 19.9 Å². The molecule has 3 atom stereocenters. The van der Waals surface area contributed by atoms with E-state index >= 15 is 0 Å². The maximum Gasteiger partial charge on any atom is 0.277 e. The molecule has 1 aromatic rings. The summed E-state index contributed by atoms with van der Waals surface area (Å²) in [6.07, 6.45) is 4.30. The molecule has 0 radical (unpaired) electrons. The minimum atomic E-state index is -1.03. The number of hydroxylamine groups is 2. The maximum atomic E-state index is 12.7. The van der Waals surface area contributed by atoms with Gasteiger partial charge in [0, 0.05) is 25.4 Å². The highest BCUT2D eigenvalue weighted by Crippen LogP contribution is 2.24. The number of nitrogen functional groups attached to an aromatic ring is 1. The van der Waals surface area contributed by atoms with Gasteiger partial charge in [0.1, 0.15) is 6.04 Å². The Kier molecular flexibility index (Phi) is 7.20. The summed E-state index contributed by atoms with van der Waals surface area (Å²) in [5, 5.41) is 10.8. The van der Waals surface area contributed by atoms with E-state index in [0.29, 0.717) is 30.9 Å². The number of hydrogen-bond acceptors (Lipinski definition) is 9. The van der Waals surface area contributed by atoms with Crippen molar-refractivity contribution < 1.29 is 19.6 Å². The van der Waals surface area contributed by atoms with Crippen molar-refractivity contribution in [2.45, 2.75) is 43.8 Å². The summed E-state index contributed by atoms with van der Waals surface area (Å²) >= 11 is 0. The number of rotatable bonds is 8. The maximum absolute atomic E-state index is 12.7. The molecule has 12 heteroatoms. The van der Waals surface area contributed by atoms with Crippen LogP contribution in [0.1, 0.15) is 36.2 Å². The van der Waals surface area contributed by atoms with E-state index in [-0.39, 0.29) is 24.5 Å². The summed E-state index contributed by atoms with van der Waals surface area (Å²) < 4.78 is 0. The van der Waals surface area contributed by atoms with Crippen LogP contribution in [-0.4, -0.2) is 74.1 Å². The van der Waals surface area contributed by atoms with Crippen LogP contribution < -0.4 is 22.9 Å². The zero-order chi connectivity index (χ0) is 20.8. The van der Waals surface area contributed by atoms with Gasteiger partial charge in [-0.25, -0.2) is 15.0 Å². The minimum absolute atomic E-state index is 0.0288. The normalized spacial score (nSPS) is 20.0. The van der Waals surface area contributed by atoms with Crippen LogP contribution in [0.25, 0.3) is 0 Å². The van der Waals surface area contributed by atoms with Crippen molar-refractivity contribution in [1.29, 1.82) is 0 Å². The number of nitrogens with two attached hydrogens (primary N) is 4. The van der Waals surface area contributed by atoms with E-state index in [1.807, 2.05) is 0 Å². The summed E-state index contributed by atoms with van der Waals surface area (Å²) in [6.45, 7) is 0.357. The lowest BCUT2D eigenvalue weighted by atomic mass is 10.1. The lowest BCUT2D eigenvalue weighted by molar-refractivity contribution is -0.176. The molecule has 12 nitrogen and oxygen atoms in total. The Bertz CT molecular complexity index is 730. The van der Waals surface area contributed by atoms with Crippen LogP contribution in [-0.2, 0) is 9.59 Å². The number of carbonyl (C=O) groups excluding carboxylic acids is 3. The molecule has 2 rings (SSSR count).